The van der Waals surface area contributed by atoms with E-state index >= 15 is 0 Å². The number of carbonyl (C=O) groups is 2. The van der Waals surface area contributed by atoms with Crippen LogP contribution in [0.3, 0.4) is 0 Å². The van der Waals surface area contributed by atoms with Crippen molar-refractivity contribution in [1.82, 2.24) is 4.90 Å². The molecule has 1 fully saturated rings. The Morgan fingerprint density at radius 2 is 1.90 bits per heavy atom. The van der Waals surface area contributed by atoms with Gasteiger partial charge in [-0.05, 0) is 36.2 Å². The van der Waals surface area contributed by atoms with Crippen LogP contribution in [-0.2, 0) is 16.0 Å². The summed E-state index contributed by atoms with van der Waals surface area (Å²) in [5.74, 6) is 0.00644. The highest BCUT2D eigenvalue weighted by Crippen LogP contribution is 2.29. The molecule has 0 spiro atoms. The van der Waals surface area contributed by atoms with Gasteiger partial charge in [0, 0.05) is 26.6 Å². The first-order valence-electron chi connectivity index (χ1n) is 9.45. The van der Waals surface area contributed by atoms with E-state index in [0.717, 1.165) is 5.56 Å². The second kappa shape index (κ2) is 8.94. The number of ether oxygens (including phenoxy) is 2. The van der Waals surface area contributed by atoms with Crippen molar-refractivity contribution >= 4 is 17.5 Å². The summed E-state index contributed by atoms with van der Waals surface area (Å²) in [5.41, 5.74) is 1.23. The van der Waals surface area contributed by atoms with Gasteiger partial charge in [-0.2, -0.15) is 0 Å². The van der Waals surface area contributed by atoms with Crippen molar-refractivity contribution in [3.05, 3.63) is 53.8 Å². The fourth-order valence-corrected chi connectivity index (χ4v) is 3.53. The van der Waals surface area contributed by atoms with E-state index in [9.17, 15) is 14.0 Å². The van der Waals surface area contributed by atoms with Gasteiger partial charge in [-0.25, -0.2) is 4.39 Å². The molecule has 6 nitrogen and oxygen atoms in total. The average Bonchev–Trinajstić information content (AvgIpc) is 3.12. The lowest BCUT2D eigenvalue weighted by atomic mass is 10.1. The second-order valence-electron chi connectivity index (χ2n) is 7.06. The van der Waals surface area contributed by atoms with Crippen LogP contribution in [0.5, 0.6) is 11.5 Å². The number of likely N-dealkylation sites (N-methyl/N-ethyl adjacent to an activating group) is 1. The molecule has 0 radical (unpaired) electrons. The van der Waals surface area contributed by atoms with Crippen molar-refractivity contribution in [2.45, 2.75) is 12.8 Å². The molecule has 2 aromatic carbocycles. The average molecular weight is 400 g/mol. The van der Waals surface area contributed by atoms with Crippen molar-refractivity contribution in [2.24, 2.45) is 5.92 Å². The zero-order valence-electron chi connectivity index (χ0n) is 16.9. The Hall–Kier alpha value is -3.09. The topological polar surface area (TPSA) is 59.1 Å². The number of halogens is 1. The van der Waals surface area contributed by atoms with Gasteiger partial charge in [-0.15, -0.1) is 0 Å². The number of rotatable bonds is 7. The number of nitrogens with zero attached hydrogens (tertiary/aromatic N) is 2. The quantitative estimate of drug-likeness (QED) is 0.717. The van der Waals surface area contributed by atoms with Crippen molar-refractivity contribution in [2.75, 3.05) is 39.3 Å². The van der Waals surface area contributed by atoms with Gasteiger partial charge in [-0.3, -0.25) is 9.59 Å². The van der Waals surface area contributed by atoms with Gasteiger partial charge in [0.05, 0.1) is 25.8 Å². The molecule has 0 aliphatic carbocycles. The molecule has 0 saturated carbocycles. The molecule has 1 saturated heterocycles. The summed E-state index contributed by atoms with van der Waals surface area (Å²) in [7, 11) is 4.88. The van der Waals surface area contributed by atoms with Crippen LogP contribution in [0.1, 0.15) is 12.0 Å². The first-order chi connectivity index (χ1) is 13.9. The number of amides is 2. The number of carbonyl (C=O) groups excluding carboxylic acids is 2. The lowest BCUT2D eigenvalue weighted by molar-refractivity contribution is -0.134. The first-order valence-corrected chi connectivity index (χ1v) is 9.45. The Labute approximate surface area is 169 Å². The van der Waals surface area contributed by atoms with Crippen molar-refractivity contribution in [3.8, 4) is 11.5 Å². The maximum Gasteiger partial charge on any atom is 0.227 e. The Kier molecular flexibility index (Phi) is 6.36. The van der Waals surface area contributed by atoms with Crippen molar-refractivity contribution in [1.29, 1.82) is 0 Å². The third-order valence-corrected chi connectivity index (χ3v) is 5.18. The molecule has 2 aromatic rings. The number of para-hydroxylation sites is 1. The Bertz CT molecular complexity index is 902. The van der Waals surface area contributed by atoms with Gasteiger partial charge in [0.1, 0.15) is 5.82 Å². The van der Waals surface area contributed by atoms with E-state index in [2.05, 4.69) is 0 Å². The number of anilines is 1. The fourth-order valence-electron chi connectivity index (χ4n) is 3.53. The monoisotopic (exact) mass is 400 g/mol. The van der Waals surface area contributed by atoms with E-state index in [4.69, 9.17) is 9.47 Å². The van der Waals surface area contributed by atoms with Crippen LogP contribution >= 0.6 is 0 Å². The minimum Gasteiger partial charge on any atom is -0.493 e. The van der Waals surface area contributed by atoms with E-state index in [1.807, 2.05) is 18.2 Å². The smallest absolute Gasteiger partial charge is 0.227 e. The number of methoxy groups -OCH3 is 2. The molecule has 2 amide bonds. The van der Waals surface area contributed by atoms with Crippen LogP contribution in [0.25, 0.3) is 0 Å². The third kappa shape index (κ3) is 4.50. The molecule has 7 heteroatoms. The zero-order valence-corrected chi connectivity index (χ0v) is 16.9. The maximum atomic E-state index is 14.0. The molecule has 1 aliphatic heterocycles. The molecule has 0 N–H and O–H groups in total. The van der Waals surface area contributed by atoms with Crippen molar-refractivity contribution in [3.63, 3.8) is 0 Å². The summed E-state index contributed by atoms with van der Waals surface area (Å²) >= 11 is 0. The van der Waals surface area contributed by atoms with E-state index in [1.54, 1.807) is 44.4 Å². The van der Waals surface area contributed by atoms with E-state index < -0.39 is 11.7 Å². The third-order valence-electron chi connectivity index (χ3n) is 5.18. The Balaban J connectivity index is 1.61. The van der Waals surface area contributed by atoms with Gasteiger partial charge >= 0.3 is 0 Å². The molecule has 1 heterocycles. The van der Waals surface area contributed by atoms with Gasteiger partial charge in [0.25, 0.3) is 0 Å². The lowest BCUT2D eigenvalue weighted by Crippen LogP contribution is -2.36. The van der Waals surface area contributed by atoms with Gasteiger partial charge in [0.15, 0.2) is 11.5 Å². The normalized spacial score (nSPS) is 16.1. The van der Waals surface area contributed by atoms with Crippen LogP contribution in [0.15, 0.2) is 42.5 Å². The minimum absolute atomic E-state index is 0.0911. The van der Waals surface area contributed by atoms with Crippen LogP contribution in [0.4, 0.5) is 10.1 Å². The summed E-state index contributed by atoms with van der Waals surface area (Å²) < 4.78 is 24.6. The summed E-state index contributed by atoms with van der Waals surface area (Å²) in [5, 5.41) is 0. The summed E-state index contributed by atoms with van der Waals surface area (Å²) in [6.07, 6.45) is 0.730. The van der Waals surface area contributed by atoms with Gasteiger partial charge in [-0.1, -0.05) is 18.2 Å². The maximum absolute atomic E-state index is 14.0. The summed E-state index contributed by atoms with van der Waals surface area (Å²) in [4.78, 5) is 28.1. The molecular weight excluding hydrogens is 375 g/mol. The number of hydrogen-bond donors (Lipinski definition) is 0. The molecule has 154 valence electrons. The summed E-state index contributed by atoms with van der Waals surface area (Å²) in [6.45, 7) is 0.692. The molecular formula is C22H25FN2O4. The first kappa shape index (κ1) is 20.6. The minimum atomic E-state index is -0.475. The molecule has 3 rings (SSSR count). The van der Waals surface area contributed by atoms with Gasteiger partial charge in [0.2, 0.25) is 11.8 Å². The van der Waals surface area contributed by atoms with Crippen LogP contribution in [-0.4, -0.2) is 51.1 Å². The van der Waals surface area contributed by atoms with Crippen LogP contribution in [0.2, 0.25) is 0 Å². The van der Waals surface area contributed by atoms with Crippen molar-refractivity contribution < 1.29 is 23.5 Å². The molecule has 1 atom stereocenters. The van der Waals surface area contributed by atoms with E-state index in [0.29, 0.717) is 24.5 Å². The largest absolute Gasteiger partial charge is 0.493 e. The van der Waals surface area contributed by atoms with E-state index in [1.165, 1.54) is 11.0 Å². The predicted molar refractivity (Wildman–Crippen MR) is 108 cm³/mol. The molecule has 0 bridgehead atoms. The number of benzene rings is 2. The molecule has 1 aliphatic rings. The van der Waals surface area contributed by atoms with Crippen LogP contribution in [0, 0.1) is 11.7 Å². The predicted octanol–water partition coefficient (Wildman–Crippen LogP) is 2.90. The number of hydrogen-bond acceptors (Lipinski definition) is 4. The Morgan fingerprint density at radius 1 is 1.17 bits per heavy atom. The molecule has 0 aromatic heterocycles. The summed E-state index contributed by atoms with van der Waals surface area (Å²) in [6, 6.07) is 11.8. The highest BCUT2D eigenvalue weighted by Gasteiger charge is 2.37. The molecule has 29 heavy (non-hydrogen) atoms. The highest BCUT2D eigenvalue weighted by atomic mass is 19.1. The second-order valence-corrected chi connectivity index (χ2v) is 7.06. The Morgan fingerprint density at radius 3 is 2.59 bits per heavy atom. The fraction of sp³-hybridized carbons (Fsp3) is 0.364. The highest BCUT2D eigenvalue weighted by molar-refractivity contribution is 6.00. The van der Waals surface area contributed by atoms with Crippen LogP contribution < -0.4 is 14.4 Å². The SMILES string of the molecule is COc1ccc(CCN(C)C(=O)[C@@H]2CC(=O)N(c3ccccc3F)C2)cc1OC. The van der Waals surface area contributed by atoms with E-state index in [-0.39, 0.29) is 30.5 Å². The standard InChI is InChI=1S/C22H25FN2O4/c1-24(11-10-15-8-9-19(28-2)20(12-15)29-3)22(27)16-13-21(26)25(14-16)18-7-5-4-6-17(18)23/h4-9,12,16H,10-11,13-14H2,1-3H3/t16-/m1/s1. The zero-order chi connectivity index (χ0) is 21.0. The van der Waals surface area contributed by atoms with Gasteiger partial charge < -0.3 is 19.3 Å². The lowest BCUT2D eigenvalue weighted by Gasteiger charge is -2.22. The molecule has 0 unspecified atom stereocenters.